The third kappa shape index (κ3) is 4.88. The normalized spacial score (nSPS) is 9.83. The lowest BCUT2D eigenvalue weighted by atomic mass is 10.1. The zero-order valence-corrected chi connectivity index (χ0v) is 12.9. The molecular formula is C18H16O6. The first kappa shape index (κ1) is 17.1. The van der Waals surface area contributed by atoms with Crippen molar-refractivity contribution in [3.63, 3.8) is 0 Å². The molecule has 0 fully saturated rings. The van der Waals surface area contributed by atoms with E-state index in [0.29, 0.717) is 11.5 Å². The predicted octanol–water partition coefficient (Wildman–Crippen LogP) is 4.24. The summed E-state index contributed by atoms with van der Waals surface area (Å²) in [5, 5.41) is 1.60. The fraction of sp³-hybridized carbons (Fsp3) is 0.111. The van der Waals surface area contributed by atoms with Crippen LogP contribution in [0.4, 0.5) is 9.59 Å². The Morgan fingerprint density at radius 2 is 1.21 bits per heavy atom. The summed E-state index contributed by atoms with van der Waals surface area (Å²) >= 11 is 0. The maximum Gasteiger partial charge on any atom is 0.514 e. The Balaban J connectivity index is 2.07. The molecule has 0 aliphatic heterocycles. The van der Waals surface area contributed by atoms with E-state index >= 15 is 0 Å². The highest BCUT2D eigenvalue weighted by Gasteiger charge is 2.08. The Bertz CT molecular complexity index is 700. The second kappa shape index (κ2) is 8.38. The van der Waals surface area contributed by atoms with Crippen LogP contribution in [0.3, 0.4) is 0 Å². The van der Waals surface area contributed by atoms with E-state index in [1.54, 1.807) is 36.4 Å². The third-order valence-corrected chi connectivity index (χ3v) is 2.82. The van der Waals surface area contributed by atoms with Gasteiger partial charge in [0.05, 0.1) is 0 Å². The first-order valence-electron chi connectivity index (χ1n) is 7.07. The molecule has 0 N–H and O–H groups in total. The lowest BCUT2D eigenvalue weighted by Crippen LogP contribution is -2.10. The van der Waals surface area contributed by atoms with Gasteiger partial charge >= 0.3 is 12.3 Å². The van der Waals surface area contributed by atoms with Crippen molar-refractivity contribution in [2.24, 2.45) is 0 Å². The van der Waals surface area contributed by atoms with Crippen molar-refractivity contribution in [3.05, 3.63) is 61.7 Å². The standard InChI is InChI=1S/C18H16O6/c1-3-9-21-17(19)23-15-7-5-14-12-16(8-6-13(14)11-15)24-18(20)22-10-4-2/h3-8,11-12H,1-2,9-10H2. The van der Waals surface area contributed by atoms with Crippen molar-refractivity contribution in [1.29, 1.82) is 0 Å². The summed E-state index contributed by atoms with van der Waals surface area (Å²) in [6.07, 6.45) is 1.28. The quantitative estimate of drug-likeness (QED) is 0.449. The minimum absolute atomic E-state index is 0.0784. The number of hydrogen-bond acceptors (Lipinski definition) is 6. The summed E-state index contributed by atoms with van der Waals surface area (Å²) in [4.78, 5) is 22.8. The number of ether oxygens (including phenoxy) is 4. The molecule has 2 aromatic rings. The maximum atomic E-state index is 11.4. The highest BCUT2D eigenvalue weighted by atomic mass is 16.7. The smallest absolute Gasteiger partial charge is 0.430 e. The van der Waals surface area contributed by atoms with E-state index in [9.17, 15) is 9.59 Å². The van der Waals surface area contributed by atoms with Crippen LogP contribution in [0.5, 0.6) is 11.5 Å². The van der Waals surface area contributed by atoms with Gasteiger partial charge in [-0.15, -0.1) is 0 Å². The first-order valence-corrected chi connectivity index (χ1v) is 7.07. The predicted molar refractivity (Wildman–Crippen MR) is 88.3 cm³/mol. The first-order chi connectivity index (χ1) is 11.6. The van der Waals surface area contributed by atoms with E-state index in [-0.39, 0.29) is 13.2 Å². The van der Waals surface area contributed by atoms with Crippen LogP contribution in [0.2, 0.25) is 0 Å². The molecule has 0 aromatic heterocycles. The second-order valence-electron chi connectivity index (χ2n) is 4.57. The van der Waals surface area contributed by atoms with E-state index in [0.717, 1.165) is 10.8 Å². The van der Waals surface area contributed by atoms with Gasteiger partial charge in [-0.3, -0.25) is 0 Å². The van der Waals surface area contributed by atoms with Gasteiger partial charge in [-0.05, 0) is 35.0 Å². The second-order valence-corrected chi connectivity index (χ2v) is 4.57. The average molecular weight is 328 g/mol. The Morgan fingerprint density at radius 1 is 0.792 bits per heavy atom. The van der Waals surface area contributed by atoms with Gasteiger partial charge < -0.3 is 18.9 Å². The number of benzene rings is 2. The van der Waals surface area contributed by atoms with Gasteiger partial charge in [-0.2, -0.15) is 0 Å². The summed E-state index contributed by atoms with van der Waals surface area (Å²) < 4.78 is 19.6. The number of rotatable bonds is 6. The van der Waals surface area contributed by atoms with Crippen molar-refractivity contribution < 1.29 is 28.5 Å². The molecule has 0 aliphatic rings. The van der Waals surface area contributed by atoms with Crippen molar-refractivity contribution >= 4 is 23.1 Å². The van der Waals surface area contributed by atoms with Crippen LogP contribution in [-0.2, 0) is 9.47 Å². The van der Waals surface area contributed by atoms with Gasteiger partial charge in [-0.1, -0.05) is 37.4 Å². The number of carbonyl (C=O) groups excluding carboxylic acids is 2. The Labute approximate surface area is 138 Å². The number of carbonyl (C=O) groups is 2. The maximum absolute atomic E-state index is 11.4. The lowest BCUT2D eigenvalue weighted by molar-refractivity contribution is 0.108. The topological polar surface area (TPSA) is 71.1 Å². The highest BCUT2D eigenvalue weighted by Crippen LogP contribution is 2.25. The number of fused-ring (bicyclic) bond motifs is 1. The average Bonchev–Trinajstić information content (AvgIpc) is 2.58. The molecule has 0 saturated carbocycles. The summed E-state index contributed by atoms with van der Waals surface area (Å²) in [6, 6.07) is 10.0. The Kier molecular flexibility index (Phi) is 5.96. The molecule has 0 radical (unpaired) electrons. The zero-order valence-electron chi connectivity index (χ0n) is 12.9. The van der Waals surface area contributed by atoms with E-state index in [2.05, 4.69) is 13.2 Å². The largest absolute Gasteiger partial charge is 0.514 e. The van der Waals surface area contributed by atoms with Gasteiger partial charge in [0.1, 0.15) is 24.7 Å². The van der Waals surface area contributed by atoms with Gasteiger partial charge in [-0.25, -0.2) is 9.59 Å². The summed E-state index contributed by atoms with van der Waals surface area (Å²) in [7, 11) is 0. The molecule has 124 valence electrons. The van der Waals surface area contributed by atoms with E-state index in [1.807, 2.05) is 0 Å². The zero-order chi connectivity index (χ0) is 17.4. The van der Waals surface area contributed by atoms with E-state index in [1.165, 1.54) is 12.2 Å². The van der Waals surface area contributed by atoms with Crippen LogP contribution >= 0.6 is 0 Å². The van der Waals surface area contributed by atoms with Crippen LogP contribution in [0.1, 0.15) is 0 Å². The van der Waals surface area contributed by atoms with Gasteiger partial charge in [0.25, 0.3) is 0 Å². The minimum atomic E-state index is -0.806. The van der Waals surface area contributed by atoms with Crippen molar-refractivity contribution in [3.8, 4) is 11.5 Å². The molecule has 6 heteroatoms. The Hall–Kier alpha value is -3.28. The summed E-state index contributed by atoms with van der Waals surface area (Å²) in [5.74, 6) is 0.686. The molecule has 0 atom stereocenters. The molecule has 0 spiro atoms. The summed E-state index contributed by atoms with van der Waals surface area (Å²) in [5.41, 5.74) is 0. The molecule has 0 bridgehead atoms. The molecule has 24 heavy (non-hydrogen) atoms. The number of hydrogen-bond donors (Lipinski definition) is 0. The van der Waals surface area contributed by atoms with Crippen LogP contribution in [0.25, 0.3) is 10.8 Å². The van der Waals surface area contributed by atoms with Gasteiger partial charge in [0.15, 0.2) is 0 Å². The molecule has 0 unspecified atom stereocenters. The van der Waals surface area contributed by atoms with Crippen molar-refractivity contribution in [2.45, 2.75) is 0 Å². The van der Waals surface area contributed by atoms with Crippen LogP contribution in [0.15, 0.2) is 61.7 Å². The van der Waals surface area contributed by atoms with E-state index in [4.69, 9.17) is 18.9 Å². The van der Waals surface area contributed by atoms with Crippen molar-refractivity contribution in [2.75, 3.05) is 13.2 Å². The highest BCUT2D eigenvalue weighted by molar-refractivity contribution is 5.86. The van der Waals surface area contributed by atoms with Crippen LogP contribution in [-0.4, -0.2) is 25.5 Å². The monoisotopic (exact) mass is 328 g/mol. The molecule has 0 aliphatic carbocycles. The summed E-state index contributed by atoms with van der Waals surface area (Å²) in [6.45, 7) is 7.04. The van der Waals surface area contributed by atoms with E-state index < -0.39 is 12.3 Å². The van der Waals surface area contributed by atoms with Crippen molar-refractivity contribution in [1.82, 2.24) is 0 Å². The Morgan fingerprint density at radius 3 is 1.58 bits per heavy atom. The fourth-order valence-corrected chi connectivity index (χ4v) is 1.83. The molecule has 6 nitrogen and oxygen atoms in total. The molecular weight excluding hydrogens is 312 g/mol. The third-order valence-electron chi connectivity index (χ3n) is 2.82. The molecule has 0 amide bonds. The molecule has 0 saturated heterocycles. The van der Waals surface area contributed by atoms with Crippen LogP contribution in [0, 0.1) is 0 Å². The van der Waals surface area contributed by atoms with Gasteiger partial charge in [0.2, 0.25) is 0 Å². The lowest BCUT2D eigenvalue weighted by Gasteiger charge is -2.07. The molecule has 2 aromatic carbocycles. The SMILES string of the molecule is C=CCOC(=O)Oc1ccc2cc(OC(=O)OCC=C)ccc2c1. The fourth-order valence-electron chi connectivity index (χ4n) is 1.83. The van der Waals surface area contributed by atoms with Gasteiger partial charge in [0, 0.05) is 0 Å². The van der Waals surface area contributed by atoms with Crippen LogP contribution < -0.4 is 9.47 Å². The minimum Gasteiger partial charge on any atom is -0.430 e. The molecule has 0 heterocycles. The molecule has 2 rings (SSSR count).